The number of fused-ring (bicyclic) bond motifs is 15. The van der Waals surface area contributed by atoms with E-state index >= 15 is 0 Å². The summed E-state index contributed by atoms with van der Waals surface area (Å²) < 4.78 is 7.98. The van der Waals surface area contributed by atoms with Crippen LogP contribution in [0, 0.1) is 0 Å². The maximum atomic E-state index is 4.76. The van der Waals surface area contributed by atoms with E-state index in [2.05, 4.69) is 203 Å². The molecule has 316 valence electrons. The van der Waals surface area contributed by atoms with E-state index in [1.165, 1.54) is 133 Å². The molecule has 0 unspecified atom stereocenters. The predicted molar refractivity (Wildman–Crippen MR) is 292 cm³/mol. The van der Waals surface area contributed by atoms with Gasteiger partial charge in [-0.15, -0.1) is 22.7 Å². The number of allylic oxidation sites excluding steroid dienone is 2. The minimum atomic E-state index is -0.0945. The maximum absolute atomic E-state index is 4.76. The van der Waals surface area contributed by atoms with E-state index in [4.69, 9.17) is 6.58 Å². The van der Waals surface area contributed by atoms with E-state index in [9.17, 15) is 0 Å². The topological polar surface area (TPSA) is 8.17 Å². The normalized spacial score (nSPS) is 14.5. The molecule has 0 aliphatic carbocycles. The summed E-state index contributed by atoms with van der Waals surface area (Å²) in [7, 11) is 0. The Bertz CT molecular complexity index is 4000. The zero-order valence-electron chi connectivity index (χ0n) is 37.8. The van der Waals surface area contributed by atoms with Crippen LogP contribution in [0.2, 0.25) is 0 Å². The zero-order valence-corrected chi connectivity index (χ0v) is 40.3. The molecule has 0 fully saturated rings. The van der Waals surface area contributed by atoms with Crippen molar-refractivity contribution in [2.45, 2.75) is 57.3 Å². The van der Waals surface area contributed by atoms with Crippen molar-refractivity contribution in [3.63, 3.8) is 0 Å². The van der Waals surface area contributed by atoms with Gasteiger partial charge in [0, 0.05) is 83.5 Å². The second kappa shape index (κ2) is 13.4. The number of hydrogen-bond donors (Lipinski definition) is 0. The summed E-state index contributed by atoms with van der Waals surface area (Å²) in [5, 5.41) is 7.91. The van der Waals surface area contributed by atoms with Gasteiger partial charge in [-0.25, -0.2) is 0 Å². The van der Waals surface area contributed by atoms with E-state index in [1.807, 2.05) is 34.4 Å². The first-order chi connectivity index (χ1) is 31.9. The average Bonchev–Trinajstić information content (AvgIpc) is 3.97. The molecule has 0 amide bonds. The predicted octanol–water partition coefficient (Wildman–Crippen LogP) is 16.5. The lowest BCUT2D eigenvalue weighted by Crippen LogP contribution is -2.60. The number of hydrogen-bond acceptors (Lipinski definition) is 4. The number of aromatic nitrogens is 1. The minimum absolute atomic E-state index is 0.0332. The Labute approximate surface area is 397 Å². The molecule has 3 aliphatic heterocycles. The summed E-state index contributed by atoms with van der Waals surface area (Å²) in [5.41, 5.74) is 17.8. The molecule has 0 atom stereocenters. The van der Waals surface area contributed by atoms with E-state index in [0.717, 1.165) is 5.57 Å². The summed E-state index contributed by atoms with van der Waals surface area (Å²) in [5.74, 6) is 0. The fourth-order valence-electron chi connectivity index (χ4n) is 11.2. The highest BCUT2D eigenvalue weighted by atomic mass is 32.2. The smallest absolute Gasteiger partial charge is 0.333 e. The Hall–Kier alpha value is -6.31. The Balaban J connectivity index is 1.11. The molecule has 11 aromatic rings. The zero-order chi connectivity index (χ0) is 44.5. The van der Waals surface area contributed by atoms with Gasteiger partial charge in [0.15, 0.2) is 0 Å². The van der Waals surface area contributed by atoms with Crippen molar-refractivity contribution < 1.29 is 0 Å². The number of benzene rings is 8. The van der Waals surface area contributed by atoms with Gasteiger partial charge in [-0.3, -0.25) is 0 Å². The van der Waals surface area contributed by atoms with E-state index in [1.54, 1.807) is 0 Å². The Morgan fingerprint density at radius 3 is 2.00 bits per heavy atom. The van der Waals surface area contributed by atoms with Crippen LogP contribution in [0.5, 0.6) is 0 Å². The van der Waals surface area contributed by atoms with Crippen LogP contribution < -0.4 is 15.7 Å². The van der Waals surface area contributed by atoms with Crippen LogP contribution in [0.3, 0.4) is 0 Å². The molecule has 0 spiro atoms. The number of thioether (sulfide) groups is 1. The van der Waals surface area contributed by atoms with Crippen LogP contribution in [-0.4, -0.2) is 11.4 Å². The highest BCUT2D eigenvalue weighted by Gasteiger charge is 2.45. The number of anilines is 2. The number of nitrogens with zero attached hydrogens (tertiary/aromatic N) is 2. The summed E-state index contributed by atoms with van der Waals surface area (Å²) in [6.07, 6.45) is 2.29. The fraction of sp³-hybridized carbons (Fsp3) is 0.133. The second-order valence-electron chi connectivity index (χ2n) is 20.6. The molecule has 14 rings (SSSR count). The van der Waals surface area contributed by atoms with Crippen molar-refractivity contribution in [1.29, 1.82) is 0 Å². The van der Waals surface area contributed by atoms with Gasteiger partial charge in [0.25, 0.3) is 0 Å². The van der Waals surface area contributed by atoms with Crippen LogP contribution in [0.25, 0.3) is 89.4 Å². The summed E-state index contributed by atoms with van der Waals surface area (Å²) in [4.78, 5) is 5.17. The number of thiophene rings is 2. The lowest BCUT2D eigenvalue weighted by Gasteiger charge is -2.42. The van der Waals surface area contributed by atoms with Gasteiger partial charge in [0.1, 0.15) is 0 Å². The Morgan fingerprint density at radius 2 is 1.20 bits per heavy atom. The quantitative estimate of drug-likeness (QED) is 0.160. The van der Waals surface area contributed by atoms with Crippen molar-refractivity contribution in [2.24, 2.45) is 0 Å². The summed E-state index contributed by atoms with van der Waals surface area (Å²) in [6, 6.07) is 56.2. The molecule has 0 saturated heterocycles. The molecular formula is C60H45BN2S3. The molecule has 3 aromatic heterocycles. The average molecular weight is 901 g/mol. The van der Waals surface area contributed by atoms with Gasteiger partial charge in [-0.1, -0.05) is 151 Å². The standard InChI is InChI=1S/C60H45BN2S3/c1-33-25-52(34-13-9-8-10-14-34)65-56-32-50-47(27-42(33)56)61-57-40(23-24-41-44-31-54-45(28-48(44)62(50)58(41)57)38-15-11-12-16-51(38)64-54)43-30-55-46(39-22-19-36(60(5,6)7)26-53(39)66-55)29-49(43)63(61)37-20-17-35(18-21-37)59(2,3)4/h8-32H,1H2,2-7H3. The highest BCUT2D eigenvalue weighted by molar-refractivity contribution is 8.08. The van der Waals surface area contributed by atoms with E-state index in [-0.39, 0.29) is 17.7 Å². The van der Waals surface area contributed by atoms with Gasteiger partial charge in [0.05, 0.1) is 11.0 Å². The largest absolute Gasteiger partial charge is 0.376 e. The lowest BCUT2D eigenvalue weighted by atomic mass is 9.43. The van der Waals surface area contributed by atoms with Crippen molar-refractivity contribution in [1.82, 2.24) is 4.57 Å². The van der Waals surface area contributed by atoms with Gasteiger partial charge >= 0.3 is 6.85 Å². The fourth-order valence-corrected chi connectivity index (χ4v) is 14.7. The van der Waals surface area contributed by atoms with Crippen LogP contribution in [0.4, 0.5) is 11.4 Å². The summed E-state index contributed by atoms with van der Waals surface area (Å²) in [6.45, 7) is 18.5. The first-order valence-corrected chi connectivity index (χ1v) is 25.5. The molecule has 0 N–H and O–H groups in total. The van der Waals surface area contributed by atoms with Crippen LogP contribution >= 0.6 is 34.4 Å². The minimum Gasteiger partial charge on any atom is -0.376 e. The van der Waals surface area contributed by atoms with E-state index in [0.29, 0.717) is 0 Å². The molecule has 0 bridgehead atoms. The van der Waals surface area contributed by atoms with Gasteiger partial charge in [0.2, 0.25) is 0 Å². The lowest BCUT2D eigenvalue weighted by molar-refractivity contribution is 0.590. The van der Waals surface area contributed by atoms with E-state index < -0.39 is 0 Å². The molecule has 2 nitrogen and oxygen atoms in total. The van der Waals surface area contributed by atoms with Crippen molar-refractivity contribution in [2.75, 3.05) is 4.81 Å². The number of rotatable bonds is 2. The molecule has 8 aromatic carbocycles. The van der Waals surface area contributed by atoms with Crippen molar-refractivity contribution >= 4 is 136 Å². The first kappa shape index (κ1) is 38.9. The van der Waals surface area contributed by atoms with Gasteiger partial charge < -0.3 is 9.38 Å². The molecule has 3 aliphatic rings. The molecule has 0 radical (unpaired) electrons. The third-order valence-corrected chi connectivity index (χ3v) is 18.0. The maximum Gasteiger partial charge on any atom is 0.333 e. The Morgan fingerprint density at radius 1 is 0.515 bits per heavy atom. The SMILES string of the molecule is C=C1C=C(c2ccccc2)Sc2cc3c(cc21)B1c2c(ccc4c5cc6sc7ccccc7c6cc5n-3c24)-c2cc3sc4cc(C(C)(C)C)ccc4c3cc2N1c1ccc(C(C)(C)C)cc1. The van der Waals surface area contributed by atoms with Crippen molar-refractivity contribution in [3.8, 4) is 16.8 Å². The molecule has 6 heteroatoms. The van der Waals surface area contributed by atoms with Gasteiger partial charge in [-0.05, 0) is 116 Å². The Kier molecular flexibility index (Phi) is 7.91. The van der Waals surface area contributed by atoms with Crippen LogP contribution in [0.1, 0.15) is 63.8 Å². The van der Waals surface area contributed by atoms with Crippen LogP contribution in [0.15, 0.2) is 163 Å². The molecule has 0 saturated carbocycles. The molecular weight excluding hydrogens is 856 g/mol. The van der Waals surface area contributed by atoms with Crippen molar-refractivity contribution in [3.05, 3.63) is 181 Å². The highest BCUT2D eigenvalue weighted by Crippen LogP contribution is 2.52. The van der Waals surface area contributed by atoms with Gasteiger partial charge in [-0.2, -0.15) is 0 Å². The third-order valence-electron chi connectivity index (χ3n) is 14.6. The molecule has 6 heterocycles. The monoisotopic (exact) mass is 900 g/mol. The molecule has 66 heavy (non-hydrogen) atoms. The first-order valence-electron chi connectivity index (χ1n) is 23.0. The third kappa shape index (κ3) is 5.44. The summed E-state index contributed by atoms with van der Waals surface area (Å²) >= 11 is 5.71. The van der Waals surface area contributed by atoms with Crippen LogP contribution in [-0.2, 0) is 10.8 Å². The second-order valence-corrected chi connectivity index (χ2v) is 23.9.